The molecule has 5 nitrogen and oxygen atoms in total. The molecule has 66 valence electrons. The van der Waals surface area contributed by atoms with Crippen molar-refractivity contribution < 1.29 is 15.0 Å². The average molecular weight is 170 g/mol. The zero-order valence-electron chi connectivity index (χ0n) is 6.90. The lowest BCUT2D eigenvalue weighted by Gasteiger charge is -1.92. The van der Waals surface area contributed by atoms with Gasteiger partial charge in [-0.1, -0.05) is 6.92 Å². The van der Waals surface area contributed by atoms with Gasteiger partial charge in [-0.15, -0.1) is 0 Å². The van der Waals surface area contributed by atoms with Gasteiger partial charge in [0.15, 0.2) is 0 Å². The van der Waals surface area contributed by atoms with E-state index < -0.39 is 5.97 Å². The summed E-state index contributed by atoms with van der Waals surface area (Å²) in [6, 6.07) is 0. The lowest BCUT2D eigenvalue weighted by molar-refractivity contribution is 0.0692. The van der Waals surface area contributed by atoms with Gasteiger partial charge in [-0.05, 0) is 6.42 Å². The number of aromatic carboxylic acids is 1. The summed E-state index contributed by atoms with van der Waals surface area (Å²) in [5.41, 5.74) is 0.308. The first kappa shape index (κ1) is 8.58. The molecule has 0 spiro atoms. The highest BCUT2D eigenvalue weighted by molar-refractivity contribution is 5.91. The van der Waals surface area contributed by atoms with Crippen LogP contribution in [0.1, 0.15) is 23.0 Å². The van der Waals surface area contributed by atoms with E-state index >= 15 is 0 Å². The standard InChI is InChI=1S/C7H10N2O3/c1-3-4-5(7(11)12)6(10)9(2)8-4/h10H,3H2,1-2H3,(H,11,12). The molecule has 0 aliphatic heterocycles. The van der Waals surface area contributed by atoms with Crippen molar-refractivity contribution in [3.8, 4) is 5.88 Å². The van der Waals surface area contributed by atoms with E-state index in [1.807, 2.05) is 0 Å². The second-order valence-electron chi connectivity index (χ2n) is 2.43. The van der Waals surface area contributed by atoms with Crippen LogP contribution in [-0.2, 0) is 13.5 Å². The molecule has 0 saturated carbocycles. The summed E-state index contributed by atoms with van der Waals surface area (Å²) in [7, 11) is 1.50. The summed E-state index contributed by atoms with van der Waals surface area (Å²) >= 11 is 0. The number of rotatable bonds is 2. The van der Waals surface area contributed by atoms with E-state index in [2.05, 4.69) is 5.10 Å². The quantitative estimate of drug-likeness (QED) is 0.673. The average Bonchev–Trinajstić information content (AvgIpc) is 2.28. The highest BCUT2D eigenvalue weighted by Gasteiger charge is 2.19. The molecule has 1 rings (SSSR count). The maximum Gasteiger partial charge on any atom is 0.343 e. The highest BCUT2D eigenvalue weighted by Crippen LogP contribution is 2.19. The molecule has 0 saturated heterocycles. The molecule has 0 fully saturated rings. The van der Waals surface area contributed by atoms with Crippen LogP contribution in [0.3, 0.4) is 0 Å². The SMILES string of the molecule is CCc1nn(C)c(O)c1C(=O)O. The van der Waals surface area contributed by atoms with Crippen molar-refractivity contribution in [2.24, 2.45) is 7.05 Å². The minimum Gasteiger partial charge on any atom is -0.493 e. The van der Waals surface area contributed by atoms with Crippen LogP contribution in [-0.4, -0.2) is 26.0 Å². The van der Waals surface area contributed by atoms with Crippen molar-refractivity contribution in [2.75, 3.05) is 0 Å². The Morgan fingerprint density at radius 2 is 2.25 bits per heavy atom. The molecule has 0 aliphatic carbocycles. The van der Waals surface area contributed by atoms with Crippen LogP contribution in [0.5, 0.6) is 5.88 Å². The monoisotopic (exact) mass is 170 g/mol. The van der Waals surface area contributed by atoms with E-state index in [1.165, 1.54) is 7.05 Å². The number of aryl methyl sites for hydroxylation is 2. The van der Waals surface area contributed by atoms with E-state index in [4.69, 9.17) is 5.11 Å². The molecule has 0 unspecified atom stereocenters. The van der Waals surface area contributed by atoms with Crippen LogP contribution in [0.25, 0.3) is 0 Å². The number of hydrogen-bond donors (Lipinski definition) is 2. The lowest BCUT2D eigenvalue weighted by Crippen LogP contribution is -1.99. The summed E-state index contributed by atoms with van der Waals surface area (Å²) in [6.07, 6.45) is 0.496. The summed E-state index contributed by atoms with van der Waals surface area (Å²) < 4.78 is 1.16. The number of carboxylic acids is 1. The predicted molar refractivity (Wildman–Crippen MR) is 41.2 cm³/mol. The largest absolute Gasteiger partial charge is 0.493 e. The van der Waals surface area contributed by atoms with Gasteiger partial charge >= 0.3 is 5.97 Å². The summed E-state index contributed by atoms with van der Waals surface area (Å²) in [4.78, 5) is 10.6. The first-order chi connectivity index (χ1) is 5.57. The molecule has 2 N–H and O–H groups in total. The summed E-state index contributed by atoms with van der Waals surface area (Å²) in [5, 5.41) is 21.8. The zero-order chi connectivity index (χ0) is 9.30. The van der Waals surface area contributed by atoms with Gasteiger partial charge in [-0.2, -0.15) is 5.10 Å². The van der Waals surface area contributed by atoms with Crippen LogP contribution < -0.4 is 0 Å². The van der Waals surface area contributed by atoms with Crippen LogP contribution in [0.4, 0.5) is 0 Å². The Morgan fingerprint density at radius 3 is 2.58 bits per heavy atom. The van der Waals surface area contributed by atoms with Crippen molar-refractivity contribution in [3.05, 3.63) is 11.3 Å². The second-order valence-corrected chi connectivity index (χ2v) is 2.43. The van der Waals surface area contributed by atoms with Gasteiger partial charge in [0.05, 0.1) is 5.69 Å². The molecule has 0 aliphatic rings. The fourth-order valence-corrected chi connectivity index (χ4v) is 1.04. The van der Waals surface area contributed by atoms with Gasteiger partial charge in [-0.3, -0.25) is 0 Å². The summed E-state index contributed by atoms with van der Waals surface area (Å²) in [5.74, 6) is -1.43. The van der Waals surface area contributed by atoms with E-state index in [9.17, 15) is 9.90 Å². The van der Waals surface area contributed by atoms with Crippen LogP contribution in [0.15, 0.2) is 0 Å². The Labute approximate surface area is 69.2 Å². The highest BCUT2D eigenvalue weighted by atomic mass is 16.4. The molecule has 0 amide bonds. The number of nitrogens with zero attached hydrogens (tertiary/aromatic N) is 2. The van der Waals surface area contributed by atoms with Crippen molar-refractivity contribution in [1.29, 1.82) is 0 Å². The molecule has 12 heavy (non-hydrogen) atoms. The maximum atomic E-state index is 10.6. The van der Waals surface area contributed by atoms with E-state index in [0.717, 1.165) is 4.68 Å². The van der Waals surface area contributed by atoms with Gasteiger partial charge in [0, 0.05) is 7.05 Å². The molecule has 0 bridgehead atoms. The van der Waals surface area contributed by atoms with Gasteiger partial charge in [0.25, 0.3) is 0 Å². The number of carboxylic acid groups (broad SMARTS) is 1. The van der Waals surface area contributed by atoms with Gasteiger partial charge < -0.3 is 10.2 Å². The minimum absolute atomic E-state index is 0.0972. The van der Waals surface area contributed by atoms with E-state index in [0.29, 0.717) is 12.1 Å². The van der Waals surface area contributed by atoms with Crippen LogP contribution in [0, 0.1) is 0 Å². The third-order valence-electron chi connectivity index (χ3n) is 1.64. The first-order valence-electron chi connectivity index (χ1n) is 3.56. The molecular formula is C7H10N2O3. The van der Waals surface area contributed by atoms with Crippen LogP contribution >= 0.6 is 0 Å². The molecule has 0 radical (unpaired) electrons. The van der Waals surface area contributed by atoms with Crippen molar-refractivity contribution in [1.82, 2.24) is 9.78 Å². The third kappa shape index (κ3) is 1.13. The molecule has 1 heterocycles. The smallest absolute Gasteiger partial charge is 0.343 e. The second kappa shape index (κ2) is 2.84. The van der Waals surface area contributed by atoms with E-state index in [1.54, 1.807) is 6.92 Å². The number of aromatic hydroxyl groups is 1. The fraction of sp³-hybridized carbons (Fsp3) is 0.429. The number of carbonyl (C=O) groups is 1. The molecule has 1 aromatic rings. The predicted octanol–water partition coefficient (Wildman–Crippen LogP) is 0.386. The molecule has 5 heteroatoms. The Morgan fingerprint density at radius 1 is 1.67 bits per heavy atom. The molecular weight excluding hydrogens is 160 g/mol. The van der Waals surface area contributed by atoms with Gasteiger partial charge in [-0.25, -0.2) is 9.48 Å². The van der Waals surface area contributed by atoms with Crippen molar-refractivity contribution >= 4 is 5.97 Å². The molecule has 1 aromatic heterocycles. The Bertz CT molecular complexity index is 317. The lowest BCUT2D eigenvalue weighted by atomic mass is 10.2. The summed E-state index contributed by atoms with van der Waals surface area (Å²) in [6.45, 7) is 1.79. The third-order valence-corrected chi connectivity index (χ3v) is 1.64. The first-order valence-corrected chi connectivity index (χ1v) is 3.56. The van der Waals surface area contributed by atoms with Gasteiger partial charge in [0.1, 0.15) is 5.56 Å². The maximum absolute atomic E-state index is 10.6. The van der Waals surface area contributed by atoms with Gasteiger partial charge in [0.2, 0.25) is 5.88 Å². The van der Waals surface area contributed by atoms with Crippen LogP contribution in [0.2, 0.25) is 0 Å². The normalized spacial score (nSPS) is 10.2. The Balaban J connectivity index is 3.31. The molecule has 0 aromatic carbocycles. The number of hydrogen-bond acceptors (Lipinski definition) is 3. The zero-order valence-corrected chi connectivity index (χ0v) is 6.90. The Kier molecular flexibility index (Phi) is 2.03. The molecule has 0 atom stereocenters. The minimum atomic E-state index is -1.14. The topological polar surface area (TPSA) is 75.3 Å². The van der Waals surface area contributed by atoms with Crippen molar-refractivity contribution in [3.63, 3.8) is 0 Å². The Hall–Kier alpha value is -1.52. The van der Waals surface area contributed by atoms with Crippen molar-refractivity contribution in [2.45, 2.75) is 13.3 Å². The number of aromatic nitrogens is 2. The fourth-order valence-electron chi connectivity index (χ4n) is 1.04. The van der Waals surface area contributed by atoms with E-state index in [-0.39, 0.29) is 11.4 Å².